The highest BCUT2D eigenvalue weighted by molar-refractivity contribution is 7.11. The summed E-state index contributed by atoms with van der Waals surface area (Å²) in [5.41, 5.74) is 0. The van der Waals surface area contributed by atoms with Crippen molar-refractivity contribution in [2.24, 2.45) is 5.92 Å². The van der Waals surface area contributed by atoms with Crippen LogP contribution >= 0.6 is 11.3 Å². The van der Waals surface area contributed by atoms with Crippen LogP contribution in [0.3, 0.4) is 0 Å². The van der Waals surface area contributed by atoms with Crippen LogP contribution in [0.4, 0.5) is 0 Å². The third-order valence-electron chi connectivity index (χ3n) is 4.26. The normalized spacial score (nSPS) is 18.7. The van der Waals surface area contributed by atoms with Gasteiger partial charge in [-0.1, -0.05) is 6.92 Å². The Balaban J connectivity index is 1.70. The summed E-state index contributed by atoms with van der Waals surface area (Å²) < 4.78 is 0. The van der Waals surface area contributed by atoms with Gasteiger partial charge in [0.2, 0.25) is 5.91 Å². The fourth-order valence-electron chi connectivity index (χ4n) is 3.01. The van der Waals surface area contributed by atoms with E-state index in [2.05, 4.69) is 29.3 Å². The highest BCUT2D eigenvalue weighted by atomic mass is 32.1. The molecule has 1 atom stereocenters. The lowest BCUT2D eigenvalue weighted by atomic mass is 9.93. The number of nitrogens with one attached hydrogen (secondary N) is 1. The van der Waals surface area contributed by atoms with Crippen LogP contribution in [-0.4, -0.2) is 41.5 Å². The highest BCUT2D eigenvalue weighted by Gasteiger charge is 2.22. The topological polar surface area (TPSA) is 69.6 Å². The molecule has 2 rings (SSSR count). The Morgan fingerprint density at radius 3 is 2.87 bits per heavy atom. The lowest BCUT2D eigenvalue weighted by molar-refractivity contribution is -0.137. The molecule has 2 heterocycles. The summed E-state index contributed by atoms with van der Waals surface area (Å²) in [7, 11) is 0. The molecule has 0 radical (unpaired) electrons. The number of aryl methyl sites for hydroxylation is 1. The molecule has 0 aliphatic carbocycles. The Kier molecular flexibility index (Phi) is 7.05. The van der Waals surface area contributed by atoms with Crippen molar-refractivity contribution in [1.29, 1.82) is 0 Å². The summed E-state index contributed by atoms with van der Waals surface area (Å²) in [6.07, 6.45) is 4.08. The number of carboxylic acid groups (broad SMARTS) is 1. The monoisotopic (exact) mass is 338 g/mol. The van der Waals surface area contributed by atoms with E-state index in [4.69, 9.17) is 5.11 Å². The van der Waals surface area contributed by atoms with Gasteiger partial charge in [-0.05, 0) is 50.3 Å². The van der Waals surface area contributed by atoms with E-state index in [9.17, 15) is 9.59 Å². The zero-order valence-electron chi connectivity index (χ0n) is 13.7. The molecule has 23 heavy (non-hydrogen) atoms. The van der Waals surface area contributed by atoms with Gasteiger partial charge in [0, 0.05) is 22.7 Å². The van der Waals surface area contributed by atoms with E-state index in [-0.39, 0.29) is 12.3 Å². The average molecular weight is 338 g/mol. The minimum absolute atomic E-state index is 0.0512. The van der Waals surface area contributed by atoms with E-state index in [0.717, 1.165) is 32.4 Å². The molecule has 0 spiro atoms. The third kappa shape index (κ3) is 6.31. The molecule has 1 saturated heterocycles. The first-order chi connectivity index (χ1) is 11.1. The molecule has 1 aliphatic heterocycles. The number of amides is 1. The van der Waals surface area contributed by atoms with Crippen molar-refractivity contribution in [3.05, 3.63) is 21.9 Å². The van der Waals surface area contributed by atoms with Crippen molar-refractivity contribution in [1.82, 2.24) is 10.2 Å². The van der Waals surface area contributed by atoms with Crippen LogP contribution in [0.1, 0.15) is 42.4 Å². The number of thiophene rings is 1. The maximum atomic E-state index is 12.1. The van der Waals surface area contributed by atoms with Gasteiger partial charge in [-0.2, -0.15) is 0 Å². The molecule has 0 saturated carbocycles. The number of rotatable bonds is 8. The van der Waals surface area contributed by atoms with Crippen molar-refractivity contribution < 1.29 is 14.7 Å². The molecule has 1 aromatic heterocycles. The number of likely N-dealkylation sites (tertiary alicyclic amines) is 1. The van der Waals surface area contributed by atoms with Gasteiger partial charge in [0.15, 0.2) is 0 Å². The van der Waals surface area contributed by atoms with E-state index in [1.54, 1.807) is 11.3 Å². The summed E-state index contributed by atoms with van der Waals surface area (Å²) in [5.74, 6) is -0.283. The van der Waals surface area contributed by atoms with Crippen LogP contribution in [-0.2, 0) is 22.6 Å². The van der Waals surface area contributed by atoms with Crippen LogP contribution < -0.4 is 5.32 Å². The number of hydrogen-bond donors (Lipinski definition) is 2. The van der Waals surface area contributed by atoms with E-state index in [1.165, 1.54) is 9.75 Å². The molecule has 1 aliphatic rings. The fraction of sp³-hybridized carbons (Fsp3) is 0.647. The smallest absolute Gasteiger partial charge is 0.303 e. The Hall–Kier alpha value is -1.40. The molecule has 0 bridgehead atoms. The molecule has 1 aromatic rings. The summed E-state index contributed by atoms with van der Waals surface area (Å²) in [4.78, 5) is 27.4. The Morgan fingerprint density at radius 2 is 2.17 bits per heavy atom. The average Bonchev–Trinajstić information content (AvgIpc) is 2.99. The zero-order valence-corrected chi connectivity index (χ0v) is 14.5. The maximum absolute atomic E-state index is 12.1. The number of carbonyl (C=O) groups excluding carboxylic acids is 1. The second-order valence-corrected chi connectivity index (χ2v) is 7.43. The molecular formula is C17H26N2O3S. The summed E-state index contributed by atoms with van der Waals surface area (Å²) in [5, 5.41) is 11.8. The lowest BCUT2D eigenvalue weighted by Gasteiger charge is -2.32. The molecule has 6 heteroatoms. The van der Waals surface area contributed by atoms with Crippen molar-refractivity contribution in [2.45, 2.75) is 45.6 Å². The second-order valence-electron chi connectivity index (χ2n) is 6.17. The van der Waals surface area contributed by atoms with Gasteiger partial charge >= 0.3 is 5.97 Å². The summed E-state index contributed by atoms with van der Waals surface area (Å²) in [6.45, 7) is 4.90. The summed E-state index contributed by atoms with van der Waals surface area (Å²) in [6, 6.07) is 4.19. The molecular weight excluding hydrogens is 312 g/mol. The number of carbonyl (C=O) groups is 2. The van der Waals surface area contributed by atoms with E-state index in [1.807, 2.05) is 0 Å². The molecule has 1 fully saturated rings. The highest BCUT2D eigenvalue weighted by Crippen LogP contribution is 2.21. The van der Waals surface area contributed by atoms with Crippen LogP contribution in [0.5, 0.6) is 0 Å². The molecule has 5 nitrogen and oxygen atoms in total. The Morgan fingerprint density at radius 1 is 1.39 bits per heavy atom. The minimum atomic E-state index is -0.734. The number of nitrogens with zero attached hydrogens (tertiary/aromatic N) is 1. The first-order valence-corrected chi connectivity index (χ1v) is 9.17. The SMILES string of the molecule is CCc1ccc(CNC(=O)CN2CCCC(CCC(=O)O)C2)s1. The van der Waals surface area contributed by atoms with Crippen molar-refractivity contribution in [3.63, 3.8) is 0 Å². The van der Waals surface area contributed by atoms with E-state index < -0.39 is 5.97 Å². The lowest BCUT2D eigenvalue weighted by Crippen LogP contribution is -2.42. The Labute approximate surface area is 141 Å². The van der Waals surface area contributed by atoms with E-state index >= 15 is 0 Å². The van der Waals surface area contributed by atoms with Gasteiger partial charge in [0.25, 0.3) is 0 Å². The molecule has 1 amide bonds. The quantitative estimate of drug-likeness (QED) is 0.764. The van der Waals surface area contributed by atoms with Gasteiger partial charge in [-0.3, -0.25) is 14.5 Å². The van der Waals surface area contributed by atoms with Crippen molar-refractivity contribution in [3.8, 4) is 0 Å². The van der Waals surface area contributed by atoms with Crippen molar-refractivity contribution >= 4 is 23.2 Å². The van der Waals surface area contributed by atoms with Gasteiger partial charge in [-0.15, -0.1) is 11.3 Å². The molecule has 0 aromatic carbocycles. The van der Waals surface area contributed by atoms with Crippen molar-refractivity contribution in [2.75, 3.05) is 19.6 Å². The predicted molar refractivity (Wildman–Crippen MR) is 91.6 cm³/mol. The molecule has 1 unspecified atom stereocenters. The number of piperidine rings is 1. The van der Waals surface area contributed by atoms with Crippen LogP contribution in [0.2, 0.25) is 0 Å². The van der Waals surface area contributed by atoms with Gasteiger partial charge in [-0.25, -0.2) is 0 Å². The number of carboxylic acids is 1. The van der Waals surface area contributed by atoms with Gasteiger partial charge in [0.1, 0.15) is 0 Å². The first-order valence-electron chi connectivity index (χ1n) is 8.35. The van der Waals surface area contributed by atoms with Gasteiger partial charge < -0.3 is 10.4 Å². The fourth-order valence-corrected chi connectivity index (χ4v) is 3.91. The van der Waals surface area contributed by atoms with Crippen LogP contribution in [0.25, 0.3) is 0 Å². The first kappa shape index (κ1) is 17.9. The molecule has 128 valence electrons. The third-order valence-corrected chi connectivity index (χ3v) is 5.49. The molecule has 2 N–H and O–H groups in total. The Bertz CT molecular complexity index is 530. The maximum Gasteiger partial charge on any atom is 0.303 e. The van der Waals surface area contributed by atoms with E-state index in [0.29, 0.717) is 25.4 Å². The number of hydrogen-bond acceptors (Lipinski definition) is 4. The summed E-state index contributed by atoms with van der Waals surface area (Å²) >= 11 is 1.75. The van der Waals surface area contributed by atoms with Crippen LogP contribution in [0.15, 0.2) is 12.1 Å². The second kappa shape index (κ2) is 9.03. The van der Waals surface area contributed by atoms with Gasteiger partial charge in [0.05, 0.1) is 13.1 Å². The standard InChI is InChI=1S/C17H26N2O3S/c1-2-14-6-7-15(23-14)10-18-16(20)12-19-9-3-4-13(11-19)5-8-17(21)22/h6-7,13H,2-5,8-12H2,1H3,(H,18,20)(H,21,22). The zero-order chi connectivity index (χ0) is 16.7. The predicted octanol–water partition coefficient (Wildman–Crippen LogP) is 2.50. The van der Waals surface area contributed by atoms with Crippen LogP contribution in [0, 0.1) is 5.92 Å². The minimum Gasteiger partial charge on any atom is -0.481 e. The number of aliphatic carboxylic acids is 1. The largest absolute Gasteiger partial charge is 0.481 e.